The highest BCUT2D eigenvalue weighted by atomic mass is 16.1. The fraction of sp³-hybridized carbons (Fsp3) is 0.348. The number of aromatic nitrogens is 3. The van der Waals surface area contributed by atoms with Crippen LogP contribution in [-0.2, 0) is 17.8 Å². The van der Waals surface area contributed by atoms with Gasteiger partial charge in [-0.25, -0.2) is 0 Å². The molecule has 0 spiro atoms. The number of rotatable bonds is 5. The molecule has 4 rings (SSSR count). The Labute approximate surface area is 165 Å². The summed E-state index contributed by atoms with van der Waals surface area (Å²) in [6.45, 7) is 3.06. The van der Waals surface area contributed by atoms with Crippen LogP contribution in [0.15, 0.2) is 54.6 Å². The topological polar surface area (TPSA) is 59.8 Å². The third kappa shape index (κ3) is 4.14. The van der Waals surface area contributed by atoms with E-state index in [1.54, 1.807) is 0 Å². The van der Waals surface area contributed by atoms with Crippen molar-refractivity contribution >= 4 is 11.6 Å². The van der Waals surface area contributed by atoms with E-state index in [-0.39, 0.29) is 11.8 Å². The van der Waals surface area contributed by atoms with E-state index in [2.05, 4.69) is 39.1 Å². The molecule has 1 atom stereocenters. The summed E-state index contributed by atoms with van der Waals surface area (Å²) in [6, 6.07) is 18.0. The zero-order chi connectivity index (χ0) is 19.3. The van der Waals surface area contributed by atoms with Gasteiger partial charge in [0, 0.05) is 30.6 Å². The van der Waals surface area contributed by atoms with Gasteiger partial charge in [-0.05, 0) is 48.6 Å². The van der Waals surface area contributed by atoms with Gasteiger partial charge in [0.25, 0.3) is 0 Å². The maximum absolute atomic E-state index is 12.4. The van der Waals surface area contributed by atoms with E-state index in [0.717, 1.165) is 35.9 Å². The Balaban J connectivity index is 1.41. The molecule has 5 heteroatoms. The number of amides is 1. The first-order valence-corrected chi connectivity index (χ1v) is 10.1. The third-order valence-electron chi connectivity index (χ3n) is 5.40. The molecule has 28 heavy (non-hydrogen) atoms. The molecule has 0 aliphatic carbocycles. The van der Waals surface area contributed by atoms with E-state index >= 15 is 0 Å². The van der Waals surface area contributed by atoms with Crippen LogP contribution < -0.4 is 5.32 Å². The van der Waals surface area contributed by atoms with E-state index in [0.29, 0.717) is 6.42 Å². The SMILES string of the molecule is C[C@@H](CC(=O)Nc1ccc(-c2nnc3n2CCCCC3)cc1)c1ccccc1. The number of aryl methyl sites for hydroxylation is 1. The molecule has 1 aliphatic heterocycles. The van der Waals surface area contributed by atoms with Crippen LogP contribution in [0.5, 0.6) is 0 Å². The Kier molecular flexibility index (Phi) is 5.51. The predicted molar refractivity (Wildman–Crippen MR) is 111 cm³/mol. The van der Waals surface area contributed by atoms with Crippen LogP contribution in [0.25, 0.3) is 11.4 Å². The molecule has 1 N–H and O–H groups in total. The summed E-state index contributed by atoms with van der Waals surface area (Å²) < 4.78 is 2.24. The second-order valence-electron chi connectivity index (χ2n) is 7.54. The molecular weight excluding hydrogens is 348 g/mol. The lowest BCUT2D eigenvalue weighted by Crippen LogP contribution is -2.14. The van der Waals surface area contributed by atoms with E-state index in [1.807, 2.05) is 42.5 Å². The van der Waals surface area contributed by atoms with E-state index < -0.39 is 0 Å². The summed E-state index contributed by atoms with van der Waals surface area (Å²) in [7, 11) is 0. The van der Waals surface area contributed by atoms with Gasteiger partial charge in [0.15, 0.2) is 5.82 Å². The number of carbonyl (C=O) groups is 1. The first-order valence-electron chi connectivity index (χ1n) is 10.1. The maximum Gasteiger partial charge on any atom is 0.224 e. The molecule has 1 aromatic heterocycles. The first-order chi connectivity index (χ1) is 13.7. The van der Waals surface area contributed by atoms with Gasteiger partial charge in [-0.3, -0.25) is 4.79 Å². The van der Waals surface area contributed by atoms with Gasteiger partial charge in [0.2, 0.25) is 5.91 Å². The predicted octanol–water partition coefficient (Wildman–Crippen LogP) is 4.80. The number of hydrogen-bond donors (Lipinski definition) is 1. The zero-order valence-electron chi connectivity index (χ0n) is 16.3. The van der Waals surface area contributed by atoms with Crippen LogP contribution in [-0.4, -0.2) is 20.7 Å². The Morgan fingerprint density at radius 3 is 2.61 bits per heavy atom. The van der Waals surface area contributed by atoms with Gasteiger partial charge in [0.05, 0.1) is 0 Å². The standard InChI is InChI=1S/C23H26N4O/c1-17(18-8-4-2-5-9-18)16-22(28)24-20-13-11-19(12-14-20)23-26-25-21-10-6-3-7-15-27(21)23/h2,4-5,8-9,11-14,17H,3,6-7,10,15-16H2,1H3,(H,24,28)/t17-/m0/s1. The summed E-state index contributed by atoms with van der Waals surface area (Å²) in [6.07, 6.45) is 5.07. The fourth-order valence-corrected chi connectivity index (χ4v) is 3.79. The number of carbonyl (C=O) groups excluding carboxylic acids is 1. The first kappa shape index (κ1) is 18.4. The lowest BCUT2D eigenvalue weighted by molar-refractivity contribution is -0.116. The maximum atomic E-state index is 12.4. The van der Waals surface area contributed by atoms with E-state index in [4.69, 9.17) is 0 Å². The second kappa shape index (κ2) is 8.38. The number of nitrogens with zero attached hydrogens (tertiary/aromatic N) is 3. The minimum atomic E-state index is 0.0282. The number of fused-ring (bicyclic) bond motifs is 1. The monoisotopic (exact) mass is 374 g/mol. The summed E-state index contributed by atoms with van der Waals surface area (Å²) in [4.78, 5) is 12.4. The van der Waals surface area contributed by atoms with Crippen molar-refractivity contribution in [3.8, 4) is 11.4 Å². The Hall–Kier alpha value is -2.95. The highest BCUT2D eigenvalue weighted by molar-refractivity contribution is 5.91. The summed E-state index contributed by atoms with van der Waals surface area (Å²) in [5, 5.41) is 11.8. The molecule has 3 aromatic rings. The molecule has 0 saturated heterocycles. The lowest BCUT2D eigenvalue weighted by Gasteiger charge is -2.12. The summed E-state index contributed by atoms with van der Waals surface area (Å²) in [5.74, 6) is 2.22. The normalized spacial score (nSPS) is 14.8. The number of benzene rings is 2. The van der Waals surface area contributed by atoms with Crippen LogP contribution in [0.3, 0.4) is 0 Å². The smallest absolute Gasteiger partial charge is 0.224 e. The Bertz CT molecular complexity index is 931. The van der Waals surface area contributed by atoms with Crippen molar-refractivity contribution in [3.05, 3.63) is 66.0 Å². The molecule has 2 heterocycles. The highest BCUT2D eigenvalue weighted by Crippen LogP contribution is 2.24. The average Bonchev–Trinajstić information content (AvgIpc) is 2.97. The van der Waals surface area contributed by atoms with Crippen LogP contribution in [0.1, 0.15) is 49.9 Å². The summed E-state index contributed by atoms with van der Waals surface area (Å²) >= 11 is 0. The molecule has 0 fully saturated rings. The average molecular weight is 374 g/mol. The van der Waals surface area contributed by atoms with Crippen molar-refractivity contribution in [2.24, 2.45) is 0 Å². The molecule has 0 radical (unpaired) electrons. The van der Waals surface area contributed by atoms with Crippen molar-refractivity contribution in [1.82, 2.24) is 14.8 Å². The molecule has 1 aliphatic rings. The second-order valence-corrected chi connectivity index (χ2v) is 7.54. The van der Waals surface area contributed by atoms with E-state index in [1.165, 1.54) is 24.8 Å². The molecule has 144 valence electrons. The van der Waals surface area contributed by atoms with Crippen LogP contribution >= 0.6 is 0 Å². The van der Waals surface area contributed by atoms with Gasteiger partial charge in [0.1, 0.15) is 5.82 Å². The van der Waals surface area contributed by atoms with Gasteiger partial charge >= 0.3 is 0 Å². The number of anilines is 1. The van der Waals surface area contributed by atoms with Crippen molar-refractivity contribution < 1.29 is 4.79 Å². The van der Waals surface area contributed by atoms with Crippen LogP contribution in [0.2, 0.25) is 0 Å². The number of hydrogen-bond acceptors (Lipinski definition) is 3. The molecule has 2 aromatic carbocycles. The minimum Gasteiger partial charge on any atom is -0.326 e. The highest BCUT2D eigenvalue weighted by Gasteiger charge is 2.16. The van der Waals surface area contributed by atoms with Gasteiger partial charge in [-0.1, -0.05) is 43.7 Å². The summed E-state index contributed by atoms with van der Waals surface area (Å²) in [5.41, 5.74) is 3.03. The van der Waals surface area contributed by atoms with Crippen LogP contribution in [0, 0.1) is 0 Å². The zero-order valence-corrected chi connectivity index (χ0v) is 16.3. The van der Waals surface area contributed by atoms with Gasteiger partial charge in [-0.2, -0.15) is 0 Å². The molecule has 1 amide bonds. The molecule has 0 unspecified atom stereocenters. The van der Waals surface area contributed by atoms with E-state index in [9.17, 15) is 4.79 Å². The molecular formula is C23H26N4O. The lowest BCUT2D eigenvalue weighted by atomic mass is 9.97. The number of nitrogens with one attached hydrogen (secondary N) is 1. The molecule has 5 nitrogen and oxygen atoms in total. The third-order valence-corrected chi connectivity index (χ3v) is 5.40. The van der Waals surface area contributed by atoms with Crippen LogP contribution in [0.4, 0.5) is 5.69 Å². The largest absolute Gasteiger partial charge is 0.326 e. The molecule has 0 bridgehead atoms. The minimum absolute atomic E-state index is 0.0282. The van der Waals surface area contributed by atoms with Gasteiger partial charge < -0.3 is 9.88 Å². The Morgan fingerprint density at radius 2 is 1.82 bits per heavy atom. The van der Waals surface area contributed by atoms with Gasteiger partial charge in [-0.15, -0.1) is 10.2 Å². The van der Waals surface area contributed by atoms with Crippen molar-refractivity contribution in [1.29, 1.82) is 0 Å². The Morgan fingerprint density at radius 1 is 1.04 bits per heavy atom. The van der Waals surface area contributed by atoms with Crippen molar-refractivity contribution in [2.75, 3.05) is 5.32 Å². The fourth-order valence-electron chi connectivity index (χ4n) is 3.79. The van der Waals surface area contributed by atoms with Crippen molar-refractivity contribution in [2.45, 2.75) is 51.5 Å². The molecule has 0 saturated carbocycles. The quantitative estimate of drug-likeness (QED) is 0.697. The van der Waals surface area contributed by atoms with Crippen molar-refractivity contribution in [3.63, 3.8) is 0 Å².